The number of benzene rings is 2. The van der Waals surface area contributed by atoms with Gasteiger partial charge in [0, 0.05) is 6.26 Å². The van der Waals surface area contributed by atoms with Crippen LogP contribution in [0.5, 0.6) is 5.75 Å². The lowest BCUT2D eigenvalue weighted by Gasteiger charge is -2.57. The zero-order valence-electron chi connectivity index (χ0n) is 17.6. The number of sulfone groups is 1. The largest absolute Gasteiger partial charge is 0.423 e. The predicted molar refractivity (Wildman–Crippen MR) is 116 cm³/mol. The summed E-state index contributed by atoms with van der Waals surface area (Å²) in [5.74, 6) is 2.63. The van der Waals surface area contributed by atoms with E-state index in [4.69, 9.17) is 4.74 Å². The van der Waals surface area contributed by atoms with Crippen molar-refractivity contribution in [3.05, 3.63) is 59.2 Å². The molecule has 0 unspecified atom stereocenters. The highest BCUT2D eigenvalue weighted by Crippen LogP contribution is 2.60. The second-order valence-corrected chi connectivity index (χ2v) is 11.9. The number of ether oxygens (including phenoxy) is 1. The van der Waals surface area contributed by atoms with Crippen LogP contribution in [0.15, 0.2) is 47.4 Å². The van der Waals surface area contributed by atoms with E-state index in [-0.39, 0.29) is 10.5 Å². The van der Waals surface area contributed by atoms with E-state index >= 15 is 0 Å². The fourth-order valence-corrected chi connectivity index (χ4v) is 7.20. The molecule has 0 heterocycles. The highest BCUT2D eigenvalue weighted by molar-refractivity contribution is 7.90. The Morgan fingerprint density at radius 2 is 1.50 bits per heavy atom. The Morgan fingerprint density at radius 1 is 0.933 bits per heavy atom. The van der Waals surface area contributed by atoms with Crippen LogP contribution in [0.2, 0.25) is 0 Å². The number of aryl methyl sites for hydroxylation is 1. The van der Waals surface area contributed by atoms with Crippen molar-refractivity contribution >= 4 is 15.8 Å². The third-order valence-electron chi connectivity index (χ3n) is 7.57. The summed E-state index contributed by atoms with van der Waals surface area (Å²) in [4.78, 5) is 12.8. The first-order valence-electron chi connectivity index (χ1n) is 10.9. The minimum Gasteiger partial charge on any atom is -0.423 e. The van der Waals surface area contributed by atoms with Crippen LogP contribution in [0, 0.1) is 24.7 Å². The molecule has 4 fully saturated rings. The lowest BCUT2D eigenvalue weighted by atomic mass is 9.48. The smallest absolute Gasteiger partial charge is 0.343 e. The monoisotopic (exact) mass is 424 g/mol. The maximum Gasteiger partial charge on any atom is 0.343 e. The van der Waals surface area contributed by atoms with Gasteiger partial charge in [-0.3, -0.25) is 0 Å². The Labute approximate surface area is 178 Å². The van der Waals surface area contributed by atoms with Gasteiger partial charge < -0.3 is 4.74 Å². The van der Waals surface area contributed by atoms with E-state index in [0.717, 1.165) is 24.0 Å². The summed E-state index contributed by atoms with van der Waals surface area (Å²) in [6.45, 7) is 1.78. The predicted octanol–water partition coefficient (Wildman–Crippen LogP) is 5.09. The van der Waals surface area contributed by atoms with Gasteiger partial charge in [0.25, 0.3) is 0 Å². The van der Waals surface area contributed by atoms with Crippen LogP contribution in [0.4, 0.5) is 0 Å². The van der Waals surface area contributed by atoms with Crippen molar-refractivity contribution in [2.45, 2.75) is 55.8 Å². The summed E-state index contributed by atoms with van der Waals surface area (Å²) in [5, 5.41) is 0. The molecule has 5 heteroatoms. The number of carbonyl (C=O) groups is 1. The normalized spacial score (nSPS) is 29.7. The highest BCUT2D eigenvalue weighted by atomic mass is 32.2. The molecule has 0 aliphatic heterocycles. The summed E-state index contributed by atoms with van der Waals surface area (Å²) >= 11 is 0. The van der Waals surface area contributed by atoms with E-state index < -0.39 is 15.8 Å². The molecule has 0 spiro atoms. The zero-order chi connectivity index (χ0) is 21.1. The number of hydrogen-bond acceptors (Lipinski definition) is 4. The van der Waals surface area contributed by atoms with Gasteiger partial charge in [-0.2, -0.15) is 0 Å². The van der Waals surface area contributed by atoms with Crippen molar-refractivity contribution in [3.63, 3.8) is 0 Å². The average molecular weight is 425 g/mol. The maximum absolute atomic E-state index is 12.7. The van der Waals surface area contributed by atoms with E-state index in [0.29, 0.717) is 16.7 Å². The van der Waals surface area contributed by atoms with Gasteiger partial charge in [0.15, 0.2) is 9.84 Å². The van der Waals surface area contributed by atoms with E-state index in [9.17, 15) is 13.2 Å². The first-order chi connectivity index (χ1) is 14.2. The van der Waals surface area contributed by atoms with E-state index in [1.807, 2.05) is 12.1 Å². The molecule has 4 saturated carbocycles. The first kappa shape index (κ1) is 19.8. The van der Waals surface area contributed by atoms with E-state index in [1.54, 1.807) is 13.0 Å². The lowest BCUT2D eigenvalue weighted by molar-refractivity contribution is -0.00519. The van der Waals surface area contributed by atoms with Crippen molar-refractivity contribution in [1.82, 2.24) is 0 Å². The Kier molecular flexibility index (Phi) is 4.58. The van der Waals surface area contributed by atoms with Gasteiger partial charge in [0.05, 0.1) is 10.5 Å². The third-order valence-corrected chi connectivity index (χ3v) is 8.68. The maximum atomic E-state index is 12.7. The fourth-order valence-electron chi connectivity index (χ4n) is 6.55. The third kappa shape index (κ3) is 3.47. The van der Waals surface area contributed by atoms with Gasteiger partial charge in [-0.15, -0.1) is 0 Å². The molecule has 0 aromatic heterocycles. The van der Waals surface area contributed by atoms with Crippen LogP contribution in [-0.2, 0) is 15.3 Å². The summed E-state index contributed by atoms with van der Waals surface area (Å²) in [6.07, 6.45) is 9.29. The summed E-state index contributed by atoms with van der Waals surface area (Å²) < 4.78 is 29.2. The van der Waals surface area contributed by atoms with Gasteiger partial charge in [-0.05, 0) is 104 Å². The Hall–Kier alpha value is -2.14. The van der Waals surface area contributed by atoms with Crippen molar-refractivity contribution in [1.29, 1.82) is 0 Å². The van der Waals surface area contributed by atoms with Crippen LogP contribution in [0.1, 0.15) is 60.0 Å². The Morgan fingerprint density at radius 3 is 2.03 bits per heavy atom. The van der Waals surface area contributed by atoms with Crippen LogP contribution < -0.4 is 4.74 Å². The minimum atomic E-state index is -3.38. The number of carbonyl (C=O) groups excluding carboxylic acids is 1. The molecule has 0 radical (unpaired) electrons. The molecule has 0 atom stereocenters. The standard InChI is InChI=1S/C25H28O4S/c1-16-3-8-22(30(2,27)28)12-23(16)24(26)29-21-6-4-20(5-7-21)25-13-17-9-18(14-25)11-19(10-17)15-25/h3-8,12,17-19H,9-11,13-15H2,1-2H3. The molecule has 4 nitrogen and oxygen atoms in total. The molecule has 2 aromatic carbocycles. The van der Waals surface area contributed by atoms with Crippen molar-refractivity contribution in [2.24, 2.45) is 17.8 Å². The zero-order valence-corrected chi connectivity index (χ0v) is 18.4. The second-order valence-electron chi connectivity index (χ2n) is 9.86. The Bertz CT molecular complexity index is 1060. The van der Waals surface area contributed by atoms with Gasteiger partial charge in [-0.1, -0.05) is 18.2 Å². The molecule has 4 bridgehead atoms. The molecular weight excluding hydrogens is 396 g/mol. The van der Waals surface area contributed by atoms with Gasteiger partial charge in [-0.25, -0.2) is 13.2 Å². The second kappa shape index (κ2) is 6.94. The molecule has 2 aromatic rings. The number of rotatable bonds is 4. The molecule has 4 aliphatic carbocycles. The minimum absolute atomic E-state index is 0.122. The van der Waals surface area contributed by atoms with Crippen molar-refractivity contribution in [3.8, 4) is 5.75 Å². The van der Waals surface area contributed by atoms with Crippen LogP contribution >= 0.6 is 0 Å². The summed E-state index contributed by atoms with van der Waals surface area (Å²) in [5.41, 5.74) is 2.68. The van der Waals surface area contributed by atoms with Gasteiger partial charge in [0.2, 0.25) is 0 Å². The molecule has 30 heavy (non-hydrogen) atoms. The fraction of sp³-hybridized carbons (Fsp3) is 0.480. The van der Waals surface area contributed by atoms with Crippen LogP contribution in [0.3, 0.4) is 0 Å². The molecule has 4 aliphatic rings. The molecule has 0 saturated heterocycles. The average Bonchev–Trinajstić information content (AvgIpc) is 2.67. The molecular formula is C25H28O4S. The summed E-state index contributed by atoms with van der Waals surface area (Å²) in [6, 6.07) is 12.6. The number of hydrogen-bond donors (Lipinski definition) is 0. The topological polar surface area (TPSA) is 60.4 Å². The quantitative estimate of drug-likeness (QED) is 0.507. The number of esters is 1. The first-order valence-corrected chi connectivity index (χ1v) is 12.7. The molecule has 158 valence electrons. The van der Waals surface area contributed by atoms with E-state index in [2.05, 4.69) is 12.1 Å². The molecule has 6 rings (SSSR count). The molecule has 0 amide bonds. The Balaban J connectivity index is 1.35. The van der Waals surface area contributed by atoms with Gasteiger partial charge >= 0.3 is 5.97 Å². The lowest BCUT2D eigenvalue weighted by Crippen LogP contribution is -2.48. The van der Waals surface area contributed by atoms with Crippen molar-refractivity contribution in [2.75, 3.05) is 6.26 Å². The van der Waals surface area contributed by atoms with Crippen molar-refractivity contribution < 1.29 is 17.9 Å². The van der Waals surface area contributed by atoms with Crippen LogP contribution in [-0.4, -0.2) is 20.6 Å². The molecule has 0 N–H and O–H groups in total. The van der Waals surface area contributed by atoms with Crippen LogP contribution in [0.25, 0.3) is 0 Å². The summed E-state index contributed by atoms with van der Waals surface area (Å²) in [7, 11) is -3.38. The van der Waals surface area contributed by atoms with E-state index in [1.165, 1.54) is 56.2 Å². The van der Waals surface area contributed by atoms with Gasteiger partial charge in [0.1, 0.15) is 5.75 Å². The highest BCUT2D eigenvalue weighted by Gasteiger charge is 2.51. The SMILES string of the molecule is Cc1ccc(S(C)(=O)=O)cc1C(=O)Oc1ccc(C23CC4CC(CC(C4)C2)C3)cc1.